The van der Waals surface area contributed by atoms with Crippen LogP contribution < -0.4 is 15.4 Å². The number of nitrogens with one attached hydrogen (secondary N) is 2. The zero-order valence-corrected chi connectivity index (χ0v) is 25.9. The SMILES string of the molecule is Fc1cccc(COc2ccc(NC3=NC=NC4CC=C(n5cc(CNCCN6CCCCC6)c(C(F)(F)F)c5)C=C34)cc2Cl)c1. The normalized spacial score (nSPS) is 18.5. The maximum atomic E-state index is 14.0. The smallest absolute Gasteiger partial charge is 0.418 e. The number of allylic oxidation sites excluding steroid dienone is 2. The first-order valence-corrected chi connectivity index (χ1v) is 15.8. The van der Waals surface area contributed by atoms with Gasteiger partial charge in [-0.25, -0.2) is 9.38 Å². The number of hydrogen-bond acceptors (Lipinski definition) is 6. The molecule has 242 valence electrons. The summed E-state index contributed by atoms with van der Waals surface area (Å²) in [7, 11) is 0. The zero-order valence-electron chi connectivity index (χ0n) is 25.2. The van der Waals surface area contributed by atoms with Crippen LogP contribution in [0.5, 0.6) is 5.75 Å². The fourth-order valence-corrected chi connectivity index (χ4v) is 6.11. The summed E-state index contributed by atoms with van der Waals surface area (Å²) in [5.74, 6) is 0.622. The van der Waals surface area contributed by atoms with Crippen LogP contribution in [-0.4, -0.2) is 53.9 Å². The first-order chi connectivity index (χ1) is 22.2. The number of aliphatic imine (C=N–C) groups is 2. The number of piperidine rings is 1. The molecular formula is C34H35ClF4N6O. The lowest BCUT2D eigenvalue weighted by Crippen LogP contribution is -2.35. The third kappa shape index (κ3) is 7.89. The van der Waals surface area contributed by atoms with Gasteiger partial charge in [-0.2, -0.15) is 13.2 Å². The Labute approximate surface area is 270 Å². The average molecular weight is 655 g/mol. The van der Waals surface area contributed by atoms with Gasteiger partial charge < -0.3 is 24.8 Å². The number of aromatic nitrogens is 1. The molecule has 1 saturated heterocycles. The first kappa shape index (κ1) is 32.0. The fourth-order valence-electron chi connectivity index (χ4n) is 5.88. The Hall–Kier alpha value is -3.93. The molecule has 3 heterocycles. The van der Waals surface area contributed by atoms with Gasteiger partial charge in [0.2, 0.25) is 0 Å². The third-order valence-corrected chi connectivity index (χ3v) is 8.57. The Morgan fingerprint density at radius 2 is 1.89 bits per heavy atom. The van der Waals surface area contributed by atoms with Crippen LogP contribution in [0.2, 0.25) is 5.02 Å². The molecule has 7 nitrogen and oxygen atoms in total. The number of fused-ring (bicyclic) bond motifs is 1. The summed E-state index contributed by atoms with van der Waals surface area (Å²) in [4.78, 5) is 11.3. The van der Waals surface area contributed by atoms with Crippen molar-refractivity contribution in [3.05, 3.63) is 100 Å². The number of benzene rings is 2. The minimum Gasteiger partial charge on any atom is -0.487 e. The Balaban J connectivity index is 1.13. The van der Waals surface area contributed by atoms with Crippen LogP contribution in [0.15, 0.2) is 82.6 Å². The van der Waals surface area contributed by atoms with Crippen molar-refractivity contribution in [2.24, 2.45) is 9.98 Å². The number of likely N-dealkylation sites (tertiary alicyclic amines) is 1. The average Bonchev–Trinajstić information content (AvgIpc) is 3.48. The van der Waals surface area contributed by atoms with Crippen LogP contribution in [0.3, 0.4) is 0 Å². The maximum absolute atomic E-state index is 14.0. The van der Waals surface area contributed by atoms with Crippen molar-refractivity contribution in [3.8, 4) is 5.75 Å². The second-order valence-electron chi connectivity index (χ2n) is 11.6. The standard InChI is InChI=1S/C34H35ClF4N6O/c35-30-16-26(7-10-32(30)46-21-23-5-4-6-25(36)15-23)43-33-28-17-27(8-9-31(28)41-22-42-33)45-19-24(29(20-45)34(37,38)39)18-40-11-14-44-12-2-1-3-13-44/h4-8,10,15-17,19-20,22,31,40H,1-3,9,11-14,18,21H2,(H,41,42,43). The third-order valence-electron chi connectivity index (χ3n) is 8.28. The molecule has 1 fully saturated rings. The molecule has 0 amide bonds. The molecule has 46 heavy (non-hydrogen) atoms. The largest absolute Gasteiger partial charge is 0.487 e. The number of ether oxygens (including phenoxy) is 1. The van der Waals surface area contributed by atoms with E-state index in [2.05, 4.69) is 25.5 Å². The molecule has 12 heteroatoms. The van der Waals surface area contributed by atoms with Crippen LogP contribution in [0.25, 0.3) is 5.70 Å². The van der Waals surface area contributed by atoms with E-state index >= 15 is 0 Å². The molecule has 0 saturated carbocycles. The highest BCUT2D eigenvalue weighted by atomic mass is 35.5. The Morgan fingerprint density at radius 3 is 2.67 bits per heavy atom. The maximum Gasteiger partial charge on any atom is 0.418 e. The molecule has 0 bridgehead atoms. The molecule has 2 aliphatic heterocycles. The van der Waals surface area contributed by atoms with Gasteiger partial charge in [0.1, 0.15) is 30.3 Å². The molecule has 1 unspecified atom stereocenters. The van der Waals surface area contributed by atoms with E-state index in [0.717, 1.165) is 31.4 Å². The van der Waals surface area contributed by atoms with Crippen LogP contribution in [0.4, 0.5) is 23.2 Å². The first-order valence-electron chi connectivity index (χ1n) is 15.4. The highest BCUT2D eigenvalue weighted by Gasteiger charge is 2.35. The lowest BCUT2D eigenvalue weighted by molar-refractivity contribution is -0.138. The molecule has 0 spiro atoms. The van der Waals surface area contributed by atoms with Crippen LogP contribution >= 0.6 is 11.6 Å². The lowest BCUT2D eigenvalue weighted by atomic mass is 9.95. The highest BCUT2D eigenvalue weighted by molar-refractivity contribution is 6.32. The van der Waals surface area contributed by atoms with E-state index in [1.807, 2.05) is 12.2 Å². The summed E-state index contributed by atoms with van der Waals surface area (Å²) in [6.07, 6.45) is 7.53. The summed E-state index contributed by atoms with van der Waals surface area (Å²) in [5, 5.41) is 6.84. The van der Waals surface area contributed by atoms with Gasteiger partial charge in [0.15, 0.2) is 0 Å². The van der Waals surface area contributed by atoms with E-state index in [4.69, 9.17) is 16.3 Å². The lowest BCUT2D eigenvalue weighted by Gasteiger charge is -2.26. The van der Waals surface area contributed by atoms with Gasteiger partial charge in [-0.15, -0.1) is 0 Å². The number of halogens is 5. The van der Waals surface area contributed by atoms with Crippen molar-refractivity contribution in [2.45, 2.75) is 51.1 Å². The number of alkyl halides is 3. The molecule has 2 N–H and O–H groups in total. The predicted octanol–water partition coefficient (Wildman–Crippen LogP) is 7.55. The number of nitrogens with zero attached hydrogens (tertiary/aromatic N) is 4. The molecule has 1 atom stereocenters. The molecule has 1 aliphatic carbocycles. The van der Waals surface area contributed by atoms with Gasteiger partial charge in [0.05, 0.1) is 16.6 Å². The Kier molecular flexibility index (Phi) is 9.91. The number of amidine groups is 1. The van der Waals surface area contributed by atoms with Crippen LogP contribution in [0.1, 0.15) is 42.4 Å². The fraction of sp³-hybridized carbons (Fsp3) is 0.353. The van der Waals surface area contributed by atoms with Gasteiger partial charge in [0, 0.05) is 49.0 Å². The van der Waals surface area contributed by atoms with E-state index in [0.29, 0.717) is 46.5 Å². The van der Waals surface area contributed by atoms with Crippen molar-refractivity contribution >= 4 is 35.2 Å². The summed E-state index contributed by atoms with van der Waals surface area (Å²) >= 11 is 6.49. The van der Waals surface area contributed by atoms with E-state index < -0.39 is 11.7 Å². The van der Waals surface area contributed by atoms with Gasteiger partial charge in [-0.3, -0.25) is 4.99 Å². The Bertz CT molecular complexity index is 1670. The molecule has 0 radical (unpaired) electrons. The van der Waals surface area contributed by atoms with Crippen molar-refractivity contribution in [2.75, 3.05) is 31.5 Å². The molecular weight excluding hydrogens is 620 g/mol. The molecule has 1 aromatic heterocycles. The van der Waals surface area contributed by atoms with Gasteiger partial charge in [0.25, 0.3) is 0 Å². The monoisotopic (exact) mass is 654 g/mol. The van der Waals surface area contributed by atoms with Crippen molar-refractivity contribution < 1.29 is 22.3 Å². The summed E-state index contributed by atoms with van der Waals surface area (Å²) in [6, 6.07) is 11.1. The quantitative estimate of drug-likeness (QED) is 0.175. The van der Waals surface area contributed by atoms with Gasteiger partial charge in [-0.1, -0.05) is 36.2 Å². The number of anilines is 1. The van der Waals surface area contributed by atoms with Gasteiger partial charge >= 0.3 is 6.18 Å². The number of rotatable bonds is 10. The zero-order chi connectivity index (χ0) is 32.1. The van der Waals surface area contributed by atoms with E-state index in [-0.39, 0.29) is 30.6 Å². The topological polar surface area (TPSA) is 66.2 Å². The molecule has 6 rings (SSSR count). The number of hydrogen-bond donors (Lipinski definition) is 2. The molecule has 3 aliphatic rings. The minimum atomic E-state index is -4.48. The van der Waals surface area contributed by atoms with E-state index in [1.54, 1.807) is 36.5 Å². The van der Waals surface area contributed by atoms with E-state index in [9.17, 15) is 17.6 Å². The highest BCUT2D eigenvalue weighted by Crippen LogP contribution is 2.35. The van der Waals surface area contributed by atoms with E-state index in [1.165, 1.54) is 42.3 Å². The summed E-state index contributed by atoms with van der Waals surface area (Å²) in [6.45, 7) is 3.83. The van der Waals surface area contributed by atoms with Crippen molar-refractivity contribution in [1.82, 2.24) is 14.8 Å². The Morgan fingerprint density at radius 1 is 1.04 bits per heavy atom. The molecule has 2 aromatic carbocycles. The molecule has 3 aromatic rings. The van der Waals surface area contributed by atoms with Crippen molar-refractivity contribution in [1.29, 1.82) is 0 Å². The minimum absolute atomic E-state index is 0.128. The van der Waals surface area contributed by atoms with Crippen LogP contribution in [0, 0.1) is 5.82 Å². The summed E-state index contributed by atoms with van der Waals surface area (Å²) < 4.78 is 62.9. The second kappa shape index (κ2) is 14.2. The summed E-state index contributed by atoms with van der Waals surface area (Å²) in [5.41, 5.74) is 2.24. The van der Waals surface area contributed by atoms with Gasteiger partial charge in [-0.05, 0) is 79.9 Å². The van der Waals surface area contributed by atoms with Crippen molar-refractivity contribution in [3.63, 3.8) is 0 Å². The predicted molar refractivity (Wildman–Crippen MR) is 174 cm³/mol. The second-order valence-corrected chi connectivity index (χ2v) is 12.0. The van der Waals surface area contributed by atoms with Crippen LogP contribution in [-0.2, 0) is 19.3 Å².